The van der Waals surface area contributed by atoms with Crippen LogP contribution in [0.4, 0.5) is 0 Å². The van der Waals surface area contributed by atoms with Gasteiger partial charge in [-0.15, -0.1) is 0 Å². The fraction of sp³-hybridized carbons (Fsp3) is 0.429. The maximum atomic E-state index is 13.4. The molecular formula is C28H39N5O7. The number of hydrogen-bond donors (Lipinski definition) is 8. The van der Waals surface area contributed by atoms with E-state index in [-0.39, 0.29) is 25.0 Å². The van der Waals surface area contributed by atoms with Gasteiger partial charge in [-0.05, 0) is 62.4 Å². The molecule has 12 heteroatoms. The highest BCUT2D eigenvalue weighted by Crippen LogP contribution is 2.13. The van der Waals surface area contributed by atoms with Gasteiger partial charge in [-0.1, -0.05) is 42.5 Å². The summed E-state index contributed by atoms with van der Waals surface area (Å²) in [5.74, 6) is -3.46. The van der Waals surface area contributed by atoms with Crippen molar-refractivity contribution in [3.8, 4) is 5.75 Å². The Kier molecular flexibility index (Phi) is 13.0. The molecule has 40 heavy (non-hydrogen) atoms. The zero-order valence-corrected chi connectivity index (χ0v) is 22.5. The first-order chi connectivity index (χ1) is 19.0. The monoisotopic (exact) mass is 557 g/mol. The number of amides is 3. The number of phenols is 1. The molecule has 0 fully saturated rings. The van der Waals surface area contributed by atoms with Crippen molar-refractivity contribution >= 4 is 23.7 Å². The third kappa shape index (κ3) is 10.6. The second-order valence-electron chi connectivity index (χ2n) is 9.64. The van der Waals surface area contributed by atoms with Crippen LogP contribution in [-0.4, -0.2) is 75.8 Å². The first-order valence-electron chi connectivity index (χ1n) is 13.1. The highest BCUT2D eigenvalue weighted by atomic mass is 16.4. The van der Waals surface area contributed by atoms with E-state index in [0.29, 0.717) is 24.9 Å². The summed E-state index contributed by atoms with van der Waals surface area (Å²) >= 11 is 0. The number of carboxylic acids is 1. The Morgan fingerprint density at radius 2 is 1.38 bits per heavy atom. The molecule has 0 aromatic heterocycles. The standard InChI is InChI=1S/C28H39N5O7/c1-17(34)24(28(39)40)33-26(37)22(9-5-6-14-29)31-27(38)23(16-19-10-12-20(35)13-11-19)32-25(36)21(30)15-18-7-3-2-4-8-18/h2-4,7-8,10-13,17,21-24,34-35H,5-6,9,14-16,29-30H2,1H3,(H,31,38)(H,32,36)(H,33,37)(H,39,40). The fourth-order valence-electron chi connectivity index (χ4n) is 3.99. The van der Waals surface area contributed by atoms with Crippen LogP contribution in [0.2, 0.25) is 0 Å². The van der Waals surface area contributed by atoms with Crippen LogP contribution in [-0.2, 0) is 32.0 Å². The molecule has 0 heterocycles. The van der Waals surface area contributed by atoms with Gasteiger partial charge in [-0.3, -0.25) is 14.4 Å². The lowest BCUT2D eigenvalue weighted by atomic mass is 10.0. The molecule has 0 saturated heterocycles. The summed E-state index contributed by atoms with van der Waals surface area (Å²) in [5.41, 5.74) is 13.1. The first kappa shape index (κ1) is 32.2. The SMILES string of the molecule is CC(O)C(NC(=O)C(CCCCN)NC(=O)C(Cc1ccc(O)cc1)NC(=O)C(N)Cc1ccccc1)C(=O)O. The average molecular weight is 558 g/mol. The number of nitrogens with one attached hydrogen (secondary N) is 3. The molecule has 0 bridgehead atoms. The highest BCUT2D eigenvalue weighted by Gasteiger charge is 2.32. The molecule has 3 amide bonds. The van der Waals surface area contributed by atoms with Crippen LogP contribution < -0.4 is 27.4 Å². The molecule has 0 aliphatic rings. The second kappa shape index (κ2) is 16.2. The van der Waals surface area contributed by atoms with Crippen LogP contribution in [0, 0.1) is 0 Å². The van der Waals surface area contributed by atoms with Crippen molar-refractivity contribution in [3.63, 3.8) is 0 Å². The van der Waals surface area contributed by atoms with Crippen LogP contribution in [0.5, 0.6) is 5.75 Å². The van der Waals surface area contributed by atoms with Gasteiger partial charge in [-0.2, -0.15) is 0 Å². The van der Waals surface area contributed by atoms with Gasteiger partial charge in [0.15, 0.2) is 6.04 Å². The molecule has 2 aromatic carbocycles. The summed E-state index contributed by atoms with van der Waals surface area (Å²) in [7, 11) is 0. The minimum Gasteiger partial charge on any atom is -0.508 e. The zero-order valence-electron chi connectivity index (χ0n) is 22.5. The number of carbonyl (C=O) groups is 4. The van der Waals surface area contributed by atoms with E-state index in [1.807, 2.05) is 30.3 Å². The van der Waals surface area contributed by atoms with Crippen LogP contribution in [0.15, 0.2) is 54.6 Å². The zero-order chi connectivity index (χ0) is 29.7. The number of unbranched alkanes of at least 4 members (excludes halogenated alkanes) is 1. The Labute approximate surface area is 233 Å². The maximum Gasteiger partial charge on any atom is 0.328 e. The molecule has 2 aromatic rings. The molecule has 0 radical (unpaired) electrons. The maximum absolute atomic E-state index is 13.4. The summed E-state index contributed by atoms with van der Waals surface area (Å²) in [6, 6.07) is 10.4. The van der Waals surface area contributed by atoms with Crippen molar-refractivity contribution in [2.45, 2.75) is 69.3 Å². The van der Waals surface area contributed by atoms with Crippen molar-refractivity contribution in [2.75, 3.05) is 6.54 Å². The van der Waals surface area contributed by atoms with E-state index in [0.717, 1.165) is 5.56 Å². The Morgan fingerprint density at radius 1 is 0.800 bits per heavy atom. The molecule has 0 aliphatic heterocycles. The van der Waals surface area contributed by atoms with Gasteiger partial charge in [-0.25, -0.2) is 4.79 Å². The minimum atomic E-state index is -1.58. The highest BCUT2D eigenvalue weighted by molar-refractivity contribution is 5.94. The third-order valence-corrected chi connectivity index (χ3v) is 6.27. The van der Waals surface area contributed by atoms with Gasteiger partial charge >= 0.3 is 5.97 Å². The summed E-state index contributed by atoms with van der Waals surface area (Å²) in [5, 5.41) is 36.3. The molecule has 12 nitrogen and oxygen atoms in total. The van der Waals surface area contributed by atoms with Crippen LogP contribution in [0.1, 0.15) is 37.3 Å². The number of aliphatic hydroxyl groups excluding tert-OH is 1. The Hall–Kier alpha value is -4.00. The number of benzene rings is 2. The molecule has 5 atom stereocenters. The summed E-state index contributed by atoms with van der Waals surface area (Å²) in [6.07, 6.45) is 0.0422. The van der Waals surface area contributed by atoms with Gasteiger partial charge < -0.3 is 42.7 Å². The van der Waals surface area contributed by atoms with Crippen LogP contribution in [0.25, 0.3) is 0 Å². The first-order valence-corrected chi connectivity index (χ1v) is 13.1. The molecule has 2 rings (SSSR count). The number of carboxylic acid groups (broad SMARTS) is 1. The van der Waals surface area contributed by atoms with Gasteiger partial charge in [0.1, 0.15) is 17.8 Å². The van der Waals surface area contributed by atoms with Crippen LogP contribution in [0.3, 0.4) is 0 Å². The second-order valence-corrected chi connectivity index (χ2v) is 9.64. The van der Waals surface area contributed by atoms with E-state index in [9.17, 15) is 34.5 Å². The van der Waals surface area contributed by atoms with Gasteiger partial charge in [0.25, 0.3) is 0 Å². The number of hydrogen-bond acceptors (Lipinski definition) is 8. The summed E-state index contributed by atoms with van der Waals surface area (Å²) < 4.78 is 0. The summed E-state index contributed by atoms with van der Waals surface area (Å²) in [6.45, 7) is 1.58. The molecular weight excluding hydrogens is 518 g/mol. The predicted molar refractivity (Wildman–Crippen MR) is 148 cm³/mol. The van der Waals surface area contributed by atoms with Gasteiger partial charge in [0.05, 0.1) is 12.1 Å². The lowest BCUT2D eigenvalue weighted by Crippen LogP contribution is -2.58. The number of nitrogens with two attached hydrogens (primary N) is 2. The number of rotatable bonds is 16. The lowest BCUT2D eigenvalue weighted by Gasteiger charge is -2.26. The number of aliphatic carboxylic acids is 1. The van der Waals surface area contributed by atoms with E-state index in [2.05, 4.69) is 16.0 Å². The molecule has 218 valence electrons. The van der Waals surface area contributed by atoms with E-state index in [1.165, 1.54) is 19.1 Å². The molecule has 10 N–H and O–H groups in total. The quantitative estimate of drug-likeness (QED) is 0.125. The smallest absolute Gasteiger partial charge is 0.328 e. The Morgan fingerprint density at radius 3 is 1.95 bits per heavy atom. The topological polar surface area (TPSA) is 217 Å². The van der Waals surface area contributed by atoms with E-state index in [4.69, 9.17) is 11.5 Å². The van der Waals surface area contributed by atoms with Crippen molar-refractivity contribution < 1.29 is 34.5 Å². The normalized spacial score (nSPS) is 14.7. The van der Waals surface area contributed by atoms with Crippen LogP contribution >= 0.6 is 0 Å². The van der Waals surface area contributed by atoms with Gasteiger partial charge in [0, 0.05) is 6.42 Å². The fourth-order valence-corrected chi connectivity index (χ4v) is 3.99. The predicted octanol–water partition coefficient (Wildman–Crippen LogP) is -0.446. The number of aliphatic hydroxyl groups is 1. The molecule has 0 aliphatic carbocycles. The summed E-state index contributed by atoms with van der Waals surface area (Å²) in [4.78, 5) is 50.9. The van der Waals surface area contributed by atoms with Crippen molar-refractivity contribution in [1.82, 2.24) is 16.0 Å². The number of phenolic OH excluding ortho intramolecular Hbond substituents is 1. The Bertz CT molecular complexity index is 1110. The Balaban J connectivity index is 2.23. The minimum absolute atomic E-state index is 0.0263. The lowest BCUT2D eigenvalue weighted by molar-refractivity contribution is -0.145. The van der Waals surface area contributed by atoms with E-state index in [1.54, 1.807) is 12.1 Å². The number of aromatic hydroxyl groups is 1. The largest absolute Gasteiger partial charge is 0.508 e. The third-order valence-electron chi connectivity index (χ3n) is 6.27. The molecule has 0 saturated carbocycles. The van der Waals surface area contributed by atoms with Crippen molar-refractivity contribution in [3.05, 3.63) is 65.7 Å². The average Bonchev–Trinajstić information content (AvgIpc) is 2.91. The van der Waals surface area contributed by atoms with E-state index >= 15 is 0 Å². The van der Waals surface area contributed by atoms with Crippen molar-refractivity contribution in [2.24, 2.45) is 11.5 Å². The molecule has 5 unspecified atom stereocenters. The van der Waals surface area contributed by atoms with Crippen molar-refractivity contribution in [1.29, 1.82) is 0 Å². The number of carbonyl (C=O) groups excluding carboxylic acids is 3. The van der Waals surface area contributed by atoms with E-state index < -0.39 is 54.0 Å². The molecule has 0 spiro atoms. The van der Waals surface area contributed by atoms with Gasteiger partial charge in [0.2, 0.25) is 17.7 Å².